The molecule has 8 nitrogen and oxygen atoms in total. The van der Waals surface area contributed by atoms with Gasteiger partial charge in [-0.2, -0.15) is 0 Å². The summed E-state index contributed by atoms with van der Waals surface area (Å²) < 4.78 is 16.4. The van der Waals surface area contributed by atoms with Crippen LogP contribution in [0, 0.1) is 0 Å². The summed E-state index contributed by atoms with van der Waals surface area (Å²) in [4.78, 5) is 32.0. The number of methoxy groups -OCH3 is 2. The number of ether oxygens (including phenoxy) is 3. The van der Waals surface area contributed by atoms with Gasteiger partial charge in [0.2, 0.25) is 0 Å². The molecule has 1 unspecified atom stereocenters. The number of hydrogen-bond acceptors (Lipinski definition) is 7. The van der Waals surface area contributed by atoms with Gasteiger partial charge in [0.15, 0.2) is 11.5 Å². The number of pyridine rings is 1. The van der Waals surface area contributed by atoms with Gasteiger partial charge in [-0.1, -0.05) is 24.3 Å². The Labute approximate surface area is 203 Å². The quantitative estimate of drug-likeness (QED) is 0.298. The molecule has 0 aliphatic carbocycles. The van der Waals surface area contributed by atoms with Gasteiger partial charge in [-0.3, -0.25) is 14.6 Å². The van der Waals surface area contributed by atoms with Crippen molar-refractivity contribution in [3.63, 3.8) is 0 Å². The van der Waals surface area contributed by atoms with E-state index in [9.17, 15) is 14.7 Å². The maximum Gasteiger partial charge on any atom is 0.295 e. The van der Waals surface area contributed by atoms with E-state index in [1.54, 1.807) is 60.9 Å². The lowest BCUT2D eigenvalue weighted by Crippen LogP contribution is -2.29. The van der Waals surface area contributed by atoms with E-state index in [1.807, 2.05) is 13.0 Å². The highest BCUT2D eigenvalue weighted by molar-refractivity contribution is 6.46. The van der Waals surface area contributed by atoms with Crippen LogP contribution in [0.25, 0.3) is 5.76 Å². The second-order valence-corrected chi connectivity index (χ2v) is 7.86. The molecule has 2 heterocycles. The minimum atomic E-state index is -0.856. The number of amides is 1. The van der Waals surface area contributed by atoms with Crippen LogP contribution in [0.15, 0.2) is 72.6 Å². The fourth-order valence-corrected chi connectivity index (χ4v) is 4.13. The van der Waals surface area contributed by atoms with Crippen LogP contribution in [0.1, 0.15) is 29.7 Å². The number of aromatic nitrogens is 1. The number of nitrogens with zero attached hydrogens (tertiary/aromatic N) is 2. The molecule has 0 radical (unpaired) electrons. The maximum atomic E-state index is 13.3. The largest absolute Gasteiger partial charge is 0.507 e. The van der Waals surface area contributed by atoms with Gasteiger partial charge in [-0.05, 0) is 48.4 Å². The van der Waals surface area contributed by atoms with E-state index in [0.29, 0.717) is 35.0 Å². The molecule has 1 aromatic heterocycles. The zero-order valence-electron chi connectivity index (χ0n) is 19.7. The molecular weight excluding hydrogens is 448 g/mol. The minimum absolute atomic E-state index is 0.0154. The van der Waals surface area contributed by atoms with Crippen LogP contribution in [0.5, 0.6) is 17.2 Å². The third-order valence-corrected chi connectivity index (χ3v) is 5.76. The summed E-state index contributed by atoms with van der Waals surface area (Å²) in [5, 5.41) is 11.3. The van der Waals surface area contributed by atoms with Crippen molar-refractivity contribution in [1.29, 1.82) is 0 Å². The first-order chi connectivity index (χ1) is 17.0. The Morgan fingerprint density at radius 2 is 1.86 bits per heavy atom. The Morgan fingerprint density at radius 1 is 1.03 bits per heavy atom. The van der Waals surface area contributed by atoms with Crippen molar-refractivity contribution in [3.05, 3.63) is 89.3 Å². The first kappa shape index (κ1) is 23.8. The summed E-state index contributed by atoms with van der Waals surface area (Å²) in [6.07, 6.45) is 3.27. The number of Topliss-reactive ketones (excluding diaryl/α,β-unsaturated/α-hetero) is 1. The van der Waals surface area contributed by atoms with Crippen molar-refractivity contribution >= 4 is 17.4 Å². The smallest absolute Gasteiger partial charge is 0.295 e. The Balaban J connectivity index is 1.89. The Bertz CT molecular complexity index is 1270. The molecule has 35 heavy (non-hydrogen) atoms. The molecule has 1 saturated heterocycles. The molecule has 3 aromatic rings. The zero-order chi connectivity index (χ0) is 24.9. The van der Waals surface area contributed by atoms with Crippen LogP contribution in [-0.4, -0.2) is 47.5 Å². The van der Waals surface area contributed by atoms with Gasteiger partial charge in [-0.15, -0.1) is 0 Å². The lowest BCUT2D eigenvalue weighted by atomic mass is 9.94. The van der Waals surface area contributed by atoms with Crippen LogP contribution >= 0.6 is 0 Å². The highest BCUT2D eigenvalue weighted by atomic mass is 16.5. The number of benzene rings is 2. The number of hydrogen-bond donors (Lipinski definition) is 1. The number of rotatable bonds is 8. The number of aliphatic hydroxyl groups excluding tert-OH is 1. The highest BCUT2D eigenvalue weighted by Gasteiger charge is 2.46. The van der Waals surface area contributed by atoms with Gasteiger partial charge < -0.3 is 24.2 Å². The number of carbonyl (C=O) groups excluding carboxylic acids is 2. The highest BCUT2D eigenvalue weighted by Crippen LogP contribution is 2.42. The number of aliphatic hydroxyl groups is 1. The molecule has 1 aliphatic rings. The summed E-state index contributed by atoms with van der Waals surface area (Å²) in [6, 6.07) is 14.6. The molecule has 1 fully saturated rings. The first-order valence-electron chi connectivity index (χ1n) is 11.1. The second-order valence-electron chi connectivity index (χ2n) is 7.86. The van der Waals surface area contributed by atoms with Gasteiger partial charge in [-0.25, -0.2) is 0 Å². The molecule has 4 rings (SSSR count). The molecule has 2 aromatic carbocycles. The molecule has 1 atom stereocenters. The Hall–Kier alpha value is -4.33. The van der Waals surface area contributed by atoms with Gasteiger partial charge in [0.25, 0.3) is 11.7 Å². The second kappa shape index (κ2) is 10.3. The molecule has 8 heteroatoms. The van der Waals surface area contributed by atoms with Gasteiger partial charge in [0, 0.05) is 24.5 Å². The van der Waals surface area contributed by atoms with Gasteiger partial charge in [0.05, 0.1) is 32.4 Å². The summed E-state index contributed by atoms with van der Waals surface area (Å²) >= 11 is 0. The molecule has 0 saturated carbocycles. The lowest BCUT2D eigenvalue weighted by Gasteiger charge is -2.26. The van der Waals surface area contributed by atoms with E-state index in [0.717, 1.165) is 5.56 Å². The average Bonchev–Trinajstić information content (AvgIpc) is 3.14. The fourth-order valence-electron chi connectivity index (χ4n) is 4.13. The Kier molecular flexibility index (Phi) is 7.01. The van der Waals surface area contributed by atoms with Crippen molar-refractivity contribution in [2.75, 3.05) is 20.8 Å². The van der Waals surface area contributed by atoms with Crippen molar-refractivity contribution < 1.29 is 28.9 Å². The van der Waals surface area contributed by atoms with Crippen LogP contribution in [0.2, 0.25) is 0 Å². The van der Waals surface area contributed by atoms with Crippen molar-refractivity contribution in [2.24, 2.45) is 0 Å². The molecule has 0 spiro atoms. The number of likely N-dealkylation sites (tertiary alicyclic amines) is 1. The third-order valence-electron chi connectivity index (χ3n) is 5.76. The number of ketones is 1. The SMILES string of the molecule is CCOc1ccc(C2C(=C(O)c3cccc(OC)c3)C(=O)C(=O)N2Cc2cccnc2)cc1OC. The van der Waals surface area contributed by atoms with E-state index < -0.39 is 17.7 Å². The molecule has 1 N–H and O–H groups in total. The van der Waals surface area contributed by atoms with Crippen LogP contribution in [0.4, 0.5) is 0 Å². The van der Waals surface area contributed by atoms with E-state index >= 15 is 0 Å². The average molecular weight is 475 g/mol. The Morgan fingerprint density at radius 3 is 2.54 bits per heavy atom. The van der Waals surface area contributed by atoms with Gasteiger partial charge in [0.1, 0.15) is 11.5 Å². The maximum absolute atomic E-state index is 13.3. The fraction of sp³-hybridized carbons (Fsp3) is 0.222. The van der Waals surface area contributed by atoms with E-state index in [1.165, 1.54) is 19.1 Å². The van der Waals surface area contributed by atoms with Crippen LogP contribution in [-0.2, 0) is 16.1 Å². The lowest BCUT2D eigenvalue weighted by molar-refractivity contribution is -0.140. The van der Waals surface area contributed by atoms with Crippen LogP contribution in [0.3, 0.4) is 0 Å². The standard InChI is InChI=1S/C27H26N2O6/c1-4-35-21-11-10-18(14-22(21)34-3)24-23(25(30)19-8-5-9-20(13-19)33-2)26(31)27(32)29(24)16-17-7-6-12-28-15-17/h5-15,24,30H,4,16H2,1-3H3. The normalized spacial score (nSPS) is 16.9. The number of carbonyl (C=O) groups is 2. The van der Waals surface area contributed by atoms with Gasteiger partial charge >= 0.3 is 0 Å². The van der Waals surface area contributed by atoms with Crippen molar-refractivity contribution in [3.8, 4) is 17.2 Å². The van der Waals surface area contributed by atoms with Crippen molar-refractivity contribution in [2.45, 2.75) is 19.5 Å². The van der Waals surface area contributed by atoms with E-state index in [4.69, 9.17) is 14.2 Å². The summed E-state index contributed by atoms with van der Waals surface area (Å²) in [5.41, 5.74) is 1.70. The van der Waals surface area contributed by atoms with Crippen LogP contribution < -0.4 is 14.2 Å². The van der Waals surface area contributed by atoms with E-state index in [-0.39, 0.29) is 17.9 Å². The van der Waals surface area contributed by atoms with E-state index in [2.05, 4.69) is 4.98 Å². The topological polar surface area (TPSA) is 98.2 Å². The predicted octanol–water partition coefficient (Wildman–Crippen LogP) is 4.12. The summed E-state index contributed by atoms with van der Waals surface area (Å²) in [6.45, 7) is 2.45. The van der Waals surface area contributed by atoms with Crippen molar-refractivity contribution in [1.82, 2.24) is 9.88 Å². The monoisotopic (exact) mass is 474 g/mol. The molecule has 180 valence electrons. The third kappa shape index (κ3) is 4.68. The molecule has 1 aliphatic heterocycles. The predicted molar refractivity (Wildman–Crippen MR) is 129 cm³/mol. The summed E-state index contributed by atoms with van der Waals surface area (Å²) in [5.74, 6) is -0.261. The minimum Gasteiger partial charge on any atom is -0.507 e. The molecular formula is C27H26N2O6. The first-order valence-corrected chi connectivity index (χ1v) is 11.1. The summed E-state index contributed by atoms with van der Waals surface area (Å²) in [7, 11) is 3.03. The zero-order valence-corrected chi connectivity index (χ0v) is 19.7. The molecule has 1 amide bonds. The molecule has 0 bridgehead atoms.